The molecule has 0 unspecified atom stereocenters. The number of carbonyl (C=O) groups excluding carboxylic acids is 1. The van der Waals surface area contributed by atoms with Crippen LogP contribution >= 0.6 is 11.6 Å². The van der Waals surface area contributed by atoms with Crippen molar-refractivity contribution in [1.82, 2.24) is 4.90 Å². The molecule has 22 heavy (non-hydrogen) atoms. The van der Waals surface area contributed by atoms with Gasteiger partial charge in [-0.1, -0.05) is 25.1 Å². The first kappa shape index (κ1) is 16.3. The van der Waals surface area contributed by atoms with Crippen molar-refractivity contribution in [3.8, 4) is 0 Å². The van der Waals surface area contributed by atoms with Crippen LogP contribution in [0.15, 0.2) is 53.1 Å². The lowest BCUT2D eigenvalue weighted by Crippen LogP contribution is -2.44. The minimum atomic E-state index is -0.0438. The van der Waals surface area contributed by atoms with E-state index >= 15 is 0 Å². The molecule has 1 aromatic rings. The van der Waals surface area contributed by atoms with Crippen molar-refractivity contribution < 1.29 is 4.79 Å². The van der Waals surface area contributed by atoms with Gasteiger partial charge in [-0.25, -0.2) is 4.99 Å². The highest BCUT2D eigenvalue weighted by Crippen LogP contribution is 2.33. The zero-order valence-corrected chi connectivity index (χ0v) is 13.9. The zero-order chi connectivity index (χ0) is 16.3. The minimum Gasteiger partial charge on any atom is -0.294 e. The van der Waals surface area contributed by atoms with E-state index in [1.807, 2.05) is 43.0 Å². The first-order valence-corrected chi connectivity index (χ1v) is 7.65. The normalized spacial score (nSPS) is 16.2. The molecule has 0 spiro atoms. The van der Waals surface area contributed by atoms with E-state index in [4.69, 9.17) is 11.6 Å². The summed E-state index contributed by atoms with van der Waals surface area (Å²) in [6, 6.07) is 7.42. The van der Waals surface area contributed by atoms with Crippen molar-refractivity contribution >= 4 is 29.4 Å². The van der Waals surface area contributed by atoms with E-state index in [1.54, 1.807) is 18.0 Å². The quantitative estimate of drug-likeness (QED) is 0.781. The molecule has 0 aromatic heterocycles. The average molecular weight is 318 g/mol. The van der Waals surface area contributed by atoms with Crippen molar-refractivity contribution in [2.75, 3.05) is 11.4 Å². The number of carbonyl (C=O) groups is 1. The summed E-state index contributed by atoms with van der Waals surface area (Å²) in [6.07, 6.45) is 2.54. The third-order valence-electron chi connectivity index (χ3n) is 3.47. The number of amides is 1. The Labute approximate surface area is 136 Å². The zero-order valence-electron chi connectivity index (χ0n) is 13.1. The Morgan fingerprint density at radius 1 is 1.32 bits per heavy atom. The van der Waals surface area contributed by atoms with E-state index < -0.39 is 0 Å². The van der Waals surface area contributed by atoms with Gasteiger partial charge in [-0.15, -0.1) is 0 Å². The van der Waals surface area contributed by atoms with Gasteiger partial charge in [-0.05, 0) is 44.5 Å². The van der Waals surface area contributed by atoms with Crippen molar-refractivity contribution in [2.45, 2.75) is 27.2 Å². The van der Waals surface area contributed by atoms with E-state index in [-0.39, 0.29) is 5.91 Å². The molecule has 0 saturated carbocycles. The van der Waals surface area contributed by atoms with Gasteiger partial charge in [0.2, 0.25) is 0 Å². The maximum Gasteiger partial charge on any atom is 0.258 e. The number of aliphatic imine (C=N–C) groups is 1. The average Bonchev–Trinajstić information content (AvgIpc) is 2.51. The predicted molar refractivity (Wildman–Crippen MR) is 91.9 cm³/mol. The summed E-state index contributed by atoms with van der Waals surface area (Å²) in [7, 11) is 0. The molecule has 0 aliphatic carbocycles. The van der Waals surface area contributed by atoms with E-state index in [1.165, 1.54) is 0 Å². The predicted octanol–water partition coefficient (Wildman–Crippen LogP) is 4.19. The van der Waals surface area contributed by atoms with Crippen LogP contribution in [0.25, 0.3) is 0 Å². The first-order chi connectivity index (χ1) is 10.5. The van der Waals surface area contributed by atoms with E-state index in [2.05, 4.69) is 11.6 Å². The molecular formula is C17H20ClN3O. The fraction of sp³-hybridized carbons (Fsp3) is 0.294. The maximum absolute atomic E-state index is 12.5. The second-order valence-corrected chi connectivity index (χ2v) is 5.46. The summed E-state index contributed by atoms with van der Waals surface area (Å²) in [4.78, 5) is 20.5. The lowest BCUT2D eigenvalue weighted by Gasteiger charge is -2.39. The molecule has 1 aliphatic rings. The van der Waals surface area contributed by atoms with E-state index in [0.29, 0.717) is 28.8 Å². The molecule has 116 valence electrons. The van der Waals surface area contributed by atoms with Gasteiger partial charge in [0.25, 0.3) is 5.91 Å². The summed E-state index contributed by atoms with van der Waals surface area (Å²) in [6.45, 7) is 10.4. The lowest BCUT2D eigenvalue weighted by atomic mass is 10.1. The Kier molecular flexibility index (Phi) is 5.03. The van der Waals surface area contributed by atoms with Gasteiger partial charge < -0.3 is 0 Å². The van der Waals surface area contributed by atoms with Gasteiger partial charge in [0.1, 0.15) is 11.6 Å². The second-order valence-electron chi connectivity index (χ2n) is 5.02. The number of rotatable bonds is 4. The molecule has 1 aromatic carbocycles. The maximum atomic E-state index is 12.5. The Morgan fingerprint density at radius 3 is 2.50 bits per heavy atom. The van der Waals surface area contributed by atoms with Crippen molar-refractivity contribution in [3.63, 3.8) is 0 Å². The smallest absolute Gasteiger partial charge is 0.258 e. The van der Waals surface area contributed by atoms with E-state index in [9.17, 15) is 4.79 Å². The Morgan fingerprint density at radius 2 is 1.95 bits per heavy atom. The number of benzene rings is 1. The third kappa shape index (κ3) is 2.92. The molecule has 1 heterocycles. The topological polar surface area (TPSA) is 35.9 Å². The van der Waals surface area contributed by atoms with Crippen LogP contribution in [-0.4, -0.2) is 23.6 Å². The van der Waals surface area contributed by atoms with Gasteiger partial charge in [0.05, 0.1) is 5.57 Å². The molecule has 0 fully saturated rings. The molecule has 2 rings (SSSR count). The highest BCUT2D eigenvalue weighted by Gasteiger charge is 2.33. The van der Waals surface area contributed by atoms with Crippen LogP contribution in [0, 0.1) is 0 Å². The van der Waals surface area contributed by atoms with E-state index in [0.717, 1.165) is 12.1 Å². The standard InChI is InChI=1S/C17H20ClN3O/c1-5-11-20-13(4)21(15-9-7-14(18)8-10-15)16(19-6-2)12(3)17(20)22/h6-10H,4-5,11H2,1-3H3/b19-6-. The summed E-state index contributed by atoms with van der Waals surface area (Å²) in [5, 5.41) is 0.661. The molecule has 0 atom stereocenters. The van der Waals surface area contributed by atoms with Gasteiger partial charge in [0.15, 0.2) is 0 Å². The molecular weight excluding hydrogens is 298 g/mol. The van der Waals surface area contributed by atoms with Crippen molar-refractivity contribution in [3.05, 3.63) is 53.1 Å². The largest absolute Gasteiger partial charge is 0.294 e. The minimum absolute atomic E-state index is 0.0438. The molecule has 5 heteroatoms. The molecule has 4 nitrogen and oxygen atoms in total. The van der Waals surface area contributed by atoms with Crippen LogP contribution in [0.1, 0.15) is 27.2 Å². The number of anilines is 1. The van der Waals surface area contributed by atoms with Crippen LogP contribution in [0.2, 0.25) is 5.02 Å². The van der Waals surface area contributed by atoms with Crippen molar-refractivity contribution in [2.24, 2.45) is 4.99 Å². The summed E-state index contributed by atoms with van der Waals surface area (Å²) < 4.78 is 0. The Hall–Kier alpha value is -2.07. The number of halogens is 1. The Bertz CT molecular complexity index is 646. The lowest BCUT2D eigenvalue weighted by molar-refractivity contribution is -0.125. The van der Waals surface area contributed by atoms with Gasteiger partial charge >= 0.3 is 0 Å². The van der Waals surface area contributed by atoms with Crippen LogP contribution < -0.4 is 4.90 Å². The Balaban J connectivity index is 2.57. The number of nitrogens with zero attached hydrogens (tertiary/aromatic N) is 3. The monoisotopic (exact) mass is 317 g/mol. The van der Waals surface area contributed by atoms with Crippen LogP contribution in [0.4, 0.5) is 5.69 Å². The molecule has 1 aliphatic heterocycles. The van der Waals surface area contributed by atoms with Crippen LogP contribution in [-0.2, 0) is 4.79 Å². The second kappa shape index (κ2) is 6.79. The third-order valence-corrected chi connectivity index (χ3v) is 3.72. The molecule has 0 radical (unpaired) electrons. The number of hydrogen-bond donors (Lipinski definition) is 0. The molecule has 0 bridgehead atoms. The van der Waals surface area contributed by atoms with Crippen molar-refractivity contribution in [1.29, 1.82) is 0 Å². The molecule has 0 saturated heterocycles. The fourth-order valence-electron chi connectivity index (χ4n) is 2.42. The van der Waals surface area contributed by atoms with Gasteiger partial charge in [-0.3, -0.25) is 14.6 Å². The van der Waals surface area contributed by atoms with Gasteiger partial charge in [-0.2, -0.15) is 0 Å². The summed E-state index contributed by atoms with van der Waals surface area (Å²) in [5.74, 6) is 1.17. The molecule has 0 N–H and O–H groups in total. The highest BCUT2D eigenvalue weighted by atomic mass is 35.5. The van der Waals surface area contributed by atoms with Crippen LogP contribution in [0.3, 0.4) is 0 Å². The number of hydrogen-bond acceptors (Lipinski definition) is 3. The summed E-state index contributed by atoms with van der Waals surface area (Å²) in [5.41, 5.74) is 1.48. The molecule has 1 amide bonds. The van der Waals surface area contributed by atoms with Crippen LogP contribution in [0.5, 0.6) is 0 Å². The highest BCUT2D eigenvalue weighted by molar-refractivity contribution is 6.30. The van der Waals surface area contributed by atoms with Gasteiger partial charge in [0, 0.05) is 23.5 Å². The first-order valence-electron chi connectivity index (χ1n) is 7.27. The fourth-order valence-corrected chi connectivity index (χ4v) is 2.54. The summed E-state index contributed by atoms with van der Waals surface area (Å²) >= 11 is 5.97. The SMILES string of the molecule is C=C1N(CCC)C(=O)C(C)=C(/N=C\C)N1c1ccc(Cl)cc1.